The summed E-state index contributed by atoms with van der Waals surface area (Å²) in [5.74, 6) is -0.389. The Morgan fingerprint density at radius 1 is 1.19 bits per heavy atom. The van der Waals surface area contributed by atoms with Crippen molar-refractivity contribution in [3.8, 4) is 11.1 Å². The van der Waals surface area contributed by atoms with Crippen LogP contribution in [0.25, 0.3) is 22.2 Å². The Labute approximate surface area is 154 Å². The molecule has 0 spiro atoms. The van der Waals surface area contributed by atoms with Crippen molar-refractivity contribution in [2.45, 2.75) is 13.0 Å². The summed E-state index contributed by atoms with van der Waals surface area (Å²) in [4.78, 5) is 20.5. The number of pyridine rings is 2. The van der Waals surface area contributed by atoms with Gasteiger partial charge in [0.2, 0.25) is 5.56 Å². The molecule has 0 fully saturated rings. The molecule has 1 aliphatic rings. The zero-order chi connectivity index (χ0) is 19.2. The van der Waals surface area contributed by atoms with E-state index in [0.29, 0.717) is 35.1 Å². The molecule has 0 radical (unpaired) electrons. The van der Waals surface area contributed by atoms with Crippen LogP contribution >= 0.6 is 0 Å². The summed E-state index contributed by atoms with van der Waals surface area (Å²) in [7, 11) is -3.87. The minimum absolute atomic E-state index is 0.263. The molecule has 8 nitrogen and oxygen atoms in total. The van der Waals surface area contributed by atoms with Gasteiger partial charge in [0.1, 0.15) is 11.5 Å². The number of benzene rings is 1. The van der Waals surface area contributed by atoms with Gasteiger partial charge in [-0.05, 0) is 47.4 Å². The summed E-state index contributed by atoms with van der Waals surface area (Å²) in [5.41, 5.74) is 2.63. The topological polar surface area (TPSA) is 121 Å². The third-order valence-electron chi connectivity index (χ3n) is 4.48. The zero-order valence-corrected chi connectivity index (χ0v) is 14.9. The van der Waals surface area contributed by atoms with E-state index in [-0.39, 0.29) is 17.9 Å². The van der Waals surface area contributed by atoms with Gasteiger partial charge in [-0.25, -0.2) is 19.5 Å². The number of hydrazine groups is 1. The average molecular weight is 389 g/mol. The highest BCUT2D eigenvalue weighted by atomic mass is 32.2. The van der Waals surface area contributed by atoms with Gasteiger partial charge in [0, 0.05) is 36.3 Å². The molecule has 0 bridgehead atoms. The summed E-state index contributed by atoms with van der Waals surface area (Å²) in [6.07, 6.45) is 1.99. The maximum atomic E-state index is 14.8. The smallest absolute Gasteiger partial charge is 0.287 e. The van der Waals surface area contributed by atoms with Crippen LogP contribution in [0.4, 0.5) is 4.39 Å². The molecular weight excluding hydrogens is 373 g/mol. The lowest BCUT2D eigenvalue weighted by molar-refractivity contribution is 0.221. The van der Waals surface area contributed by atoms with Crippen LogP contribution in [0, 0.1) is 5.82 Å². The first-order valence-corrected chi connectivity index (χ1v) is 9.69. The van der Waals surface area contributed by atoms with Crippen molar-refractivity contribution in [3.63, 3.8) is 0 Å². The predicted octanol–water partition coefficient (Wildman–Crippen LogP) is 0.795. The normalized spacial score (nSPS) is 15.0. The van der Waals surface area contributed by atoms with Crippen LogP contribution in [0.5, 0.6) is 0 Å². The van der Waals surface area contributed by atoms with Crippen molar-refractivity contribution < 1.29 is 12.8 Å². The molecule has 0 amide bonds. The fraction of sp³-hybridized carbons (Fsp3) is 0.176. The van der Waals surface area contributed by atoms with E-state index in [9.17, 15) is 17.6 Å². The van der Waals surface area contributed by atoms with E-state index in [2.05, 4.69) is 14.8 Å². The molecule has 1 aliphatic heterocycles. The summed E-state index contributed by atoms with van der Waals surface area (Å²) < 4.78 is 37.3. The van der Waals surface area contributed by atoms with Crippen molar-refractivity contribution in [1.82, 2.24) is 19.8 Å². The number of halogens is 1. The molecule has 27 heavy (non-hydrogen) atoms. The largest absolute Gasteiger partial charge is 0.307 e. The highest BCUT2D eigenvalue weighted by molar-refractivity contribution is 7.87. The number of hydrogen-bond donors (Lipinski definition) is 3. The Kier molecular flexibility index (Phi) is 4.27. The predicted molar refractivity (Wildman–Crippen MR) is 98.1 cm³/mol. The van der Waals surface area contributed by atoms with Crippen molar-refractivity contribution in [3.05, 3.63) is 63.8 Å². The molecule has 3 heterocycles. The minimum atomic E-state index is -3.87. The third kappa shape index (κ3) is 3.60. The zero-order valence-electron chi connectivity index (χ0n) is 14.1. The van der Waals surface area contributed by atoms with Gasteiger partial charge in [0.15, 0.2) is 0 Å². The van der Waals surface area contributed by atoms with E-state index in [1.807, 2.05) is 0 Å². The van der Waals surface area contributed by atoms with Gasteiger partial charge in [-0.3, -0.25) is 4.79 Å². The molecule has 140 valence electrons. The number of H-pyrrole nitrogens is 1. The van der Waals surface area contributed by atoms with Gasteiger partial charge in [-0.2, -0.15) is 8.42 Å². The number of nitrogens with two attached hydrogens (primary N) is 1. The van der Waals surface area contributed by atoms with Gasteiger partial charge in [-0.15, -0.1) is 4.83 Å². The van der Waals surface area contributed by atoms with Crippen LogP contribution in [-0.4, -0.2) is 29.9 Å². The average Bonchev–Trinajstić information content (AvgIpc) is 2.59. The Morgan fingerprint density at radius 2 is 2.00 bits per heavy atom. The molecule has 10 heteroatoms. The maximum absolute atomic E-state index is 14.8. The lowest BCUT2D eigenvalue weighted by atomic mass is 9.94. The second-order valence-corrected chi connectivity index (χ2v) is 7.62. The number of fused-ring (bicyclic) bond motifs is 2. The second kappa shape index (κ2) is 6.50. The molecule has 0 saturated heterocycles. The second-order valence-electron chi connectivity index (χ2n) is 6.35. The van der Waals surface area contributed by atoms with Crippen LogP contribution in [0.15, 0.2) is 41.3 Å². The molecule has 0 unspecified atom stereocenters. The van der Waals surface area contributed by atoms with Crippen molar-refractivity contribution >= 4 is 21.2 Å². The van der Waals surface area contributed by atoms with E-state index < -0.39 is 10.2 Å². The summed E-state index contributed by atoms with van der Waals surface area (Å²) >= 11 is 0. The molecule has 0 atom stereocenters. The maximum Gasteiger partial charge on any atom is 0.287 e. The molecule has 3 aromatic rings. The number of aromatic amines is 1. The first kappa shape index (κ1) is 17.7. The Bertz CT molecular complexity index is 1210. The van der Waals surface area contributed by atoms with Gasteiger partial charge in [-0.1, -0.05) is 0 Å². The molecule has 4 rings (SSSR count). The van der Waals surface area contributed by atoms with E-state index in [0.717, 1.165) is 11.1 Å². The highest BCUT2D eigenvalue weighted by Gasteiger charge is 2.22. The summed E-state index contributed by atoms with van der Waals surface area (Å²) in [5, 5.41) is 7.12. The van der Waals surface area contributed by atoms with Crippen molar-refractivity contribution in [1.29, 1.82) is 0 Å². The number of hydrogen-bond acceptors (Lipinski definition) is 5. The quantitative estimate of drug-likeness (QED) is 0.612. The van der Waals surface area contributed by atoms with Crippen molar-refractivity contribution in [2.24, 2.45) is 5.14 Å². The van der Waals surface area contributed by atoms with E-state index in [1.165, 1.54) is 23.3 Å². The van der Waals surface area contributed by atoms with E-state index in [4.69, 9.17) is 5.14 Å². The number of nitrogens with zero attached hydrogens (tertiary/aromatic N) is 2. The minimum Gasteiger partial charge on any atom is -0.307 e. The highest BCUT2D eigenvalue weighted by Crippen LogP contribution is 2.32. The number of aromatic nitrogens is 2. The fourth-order valence-electron chi connectivity index (χ4n) is 3.34. The molecular formula is C17H16FN5O3S. The molecule has 4 N–H and O–H groups in total. The van der Waals surface area contributed by atoms with Crippen LogP contribution in [0.1, 0.15) is 11.1 Å². The van der Waals surface area contributed by atoms with Crippen molar-refractivity contribution in [2.75, 3.05) is 6.54 Å². The van der Waals surface area contributed by atoms with Gasteiger partial charge in [0.05, 0.1) is 0 Å². The van der Waals surface area contributed by atoms with Gasteiger partial charge >= 0.3 is 0 Å². The van der Waals surface area contributed by atoms with E-state index >= 15 is 0 Å². The third-order valence-corrected chi connectivity index (χ3v) is 4.99. The lowest BCUT2D eigenvalue weighted by Gasteiger charge is -2.28. The summed E-state index contributed by atoms with van der Waals surface area (Å²) in [6.45, 7) is 0.653. The molecule has 0 aliphatic carbocycles. The van der Waals surface area contributed by atoms with Crippen LogP contribution < -0.4 is 15.5 Å². The first-order chi connectivity index (χ1) is 12.8. The summed E-state index contributed by atoms with van der Waals surface area (Å²) in [6, 6.07) is 7.80. The number of rotatable bonds is 3. The Balaban J connectivity index is 1.80. The lowest BCUT2D eigenvalue weighted by Crippen LogP contribution is -2.47. The monoisotopic (exact) mass is 389 g/mol. The fourth-order valence-corrected chi connectivity index (χ4v) is 3.85. The van der Waals surface area contributed by atoms with Gasteiger partial charge < -0.3 is 4.98 Å². The van der Waals surface area contributed by atoms with E-state index in [1.54, 1.807) is 18.2 Å². The van der Waals surface area contributed by atoms with Crippen LogP contribution in [-0.2, 0) is 23.2 Å². The first-order valence-electron chi connectivity index (χ1n) is 8.15. The van der Waals surface area contributed by atoms with Crippen LogP contribution in [0.2, 0.25) is 0 Å². The molecule has 2 aromatic heterocycles. The SMILES string of the molecule is NS(=O)(=O)NN1CCc2cc(F)c(-c3ccnc4[nH]c(=O)ccc34)cc2C1. The van der Waals surface area contributed by atoms with Gasteiger partial charge in [0.25, 0.3) is 10.2 Å². The molecule has 1 aromatic carbocycles. The Morgan fingerprint density at radius 3 is 2.78 bits per heavy atom. The van der Waals surface area contributed by atoms with Crippen LogP contribution in [0.3, 0.4) is 0 Å². The Hall–Kier alpha value is -2.66. The number of nitrogens with one attached hydrogen (secondary N) is 2. The standard InChI is InChI=1S/C17H16FN5O3S/c18-15-8-10-4-6-23(22-27(19,25)26)9-11(10)7-14(15)12-3-5-20-17-13(12)1-2-16(24)21-17/h1-3,5,7-8,22H,4,6,9H2,(H2,19,25,26)(H,20,21,24). The molecule has 0 saturated carbocycles.